The van der Waals surface area contributed by atoms with Crippen LogP contribution < -0.4 is 25.7 Å². The summed E-state index contributed by atoms with van der Waals surface area (Å²) in [4.78, 5) is 17.6. The number of nitrogens with one attached hydrogen (secondary N) is 2. The number of rotatable bonds is 6. The first kappa shape index (κ1) is 19.5. The molecule has 1 aliphatic carbocycles. The molecule has 4 N–H and O–H groups in total. The van der Waals surface area contributed by atoms with Crippen molar-refractivity contribution in [2.75, 3.05) is 17.7 Å². The van der Waals surface area contributed by atoms with Gasteiger partial charge in [0.1, 0.15) is 23.4 Å². The second-order valence-corrected chi connectivity index (χ2v) is 7.49. The van der Waals surface area contributed by atoms with E-state index in [9.17, 15) is 15.0 Å². The predicted octanol–water partition coefficient (Wildman–Crippen LogP) is 1.75. The number of nitrogens with zero attached hydrogens (tertiary/aromatic N) is 2. The van der Waals surface area contributed by atoms with E-state index in [0.717, 1.165) is 6.42 Å². The molecule has 9 heteroatoms. The van der Waals surface area contributed by atoms with Crippen molar-refractivity contribution >= 4 is 11.5 Å². The fourth-order valence-electron chi connectivity index (χ4n) is 3.92. The van der Waals surface area contributed by atoms with Crippen molar-refractivity contribution in [3.05, 3.63) is 34.6 Å². The second kappa shape index (κ2) is 7.92. The Labute approximate surface area is 168 Å². The highest BCUT2D eigenvalue weighted by Gasteiger charge is 2.40. The largest absolute Gasteiger partial charge is 0.497 e. The van der Waals surface area contributed by atoms with Gasteiger partial charge in [-0.2, -0.15) is 4.98 Å². The van der Waals surface area contributed by atoms with E-state index >= 15 is 0 Å². The Balaban J connectivity index is 1.64. The lowest BCUT2D eigenvalue weighted by Crippen LogP contribution is -2.32. The molecule has 9 nitrogen and oxygen atoms in total. The van der Waals surface area contributed by atoms with Crippen LogP contribution >= 0.6 is 0 Å². The molecule has 3 atom stereocenters. The molecule has 0 saturated heterocycles. The van der Waals surface area contributed by atoms with E-state index in [2.05, 4.69) is 15.6 Å². The Hall–Kier alpha value is -2.78. The molecule has 1 aromatic carbocycles. The van der Waals surface area contributed by atoms with Gasteiger partial charge in [-0.05, 0) is 31.4 Å². The van der Waals surface area contributed by atoms with Crippen LogP contribution in [-0.4, -0.2) is 45.2 Å². The average Bonchev–Trinajstić information content (AvgIpc) is 3.28. The van der Waals surface area contributed by atoms with Gasteiger partial charge in [0.05, 0.1) is 19.3 Å². The van der Waals surface area contributed by atoms with Crippen molar-refractivity contribution in [1.29, 1.82) is 0 Å². The Morgan fingerprint density at radius 1 is 1.21 bits per heavy atom. The highest BCUT2D eigenvalue weighted by Crippen LogP contribution is 2.36. The van der Waals surface area contributed by atoms with Crippen LogP contribution in [0.3, 0.4) is 0 Å². The molecule has 2 heterocycles. The second-order valence-electron chi connectivity index (χ2n) is 7.49. The molecule has 0 bridgehead atoms. The van der Waals surface area contributed by atoms with E-state index in [4.69, 9.17) is 9.47 Å². The van der Waals surface area contributed by atoms with Crippen LogP contribution in [0.15, 0.2) is 29.1 Å². The number of ether oxygens (including phenoxy) is 2. The van der Waals surface area contributed by atoms with Gasteiger partial charge in [0.15, 0.2) is 5.82 Å². The van der Waals surface area contributed by atoms with Crippen molar-refractivity contribution in [2.45, 2.75) is 51.1 Å². The highest BCUT2D eigenvalue weighted by molar-refractivity contribution is 5.70. The molecular weight excluding hydrogens is 376 g/mol. The van der Waals surface area contributed by atoms with Gasteiger partial charge in [-0.1, -0.05) is 13.0 Å². The van der Waals surface area contributed by atoms with E-state index < -0.39 is 12.2 Å². The summed E-state index contributed by atoms with van der Waals surface area (Å²) >= 11 is 0. The van der Waals surface area contributed by atoms with Crippen molar-refractivity contribution in [3.63, 3.8) is 0 Å². The first-order chi connectivity index (χ1) is 14.0. The van der Waals surface area contributed by atoms with Crippen LogP contribution in [0.5, 0.6) is 17.5 Å². The average molecular weight is 402 g/mol. The van der Waals surface area contributed by atoms with Gasteiger partial charge in [0.25, 0.3) is 5.56 Å². The zero-order valence-electron chi connectivity index (χ0n) is 16.5. The van der Waals surface area contributed by atoms with E-state index in [1.165, 1.54) is 4.57 Å². The molecule has 1 saturated carbocycles. The quantitative estimate of drug-likeness (QED) is 0.577. The molecule has 3 unspecified atom stereocenters. The number of fused-ring (bicyclic) bond motifs is 1. The molecule has 0 amide bonds. The van der Waals surface area contributed by atoms with Crippen LogP contribution in [0.4, 0.5) is 11.5 Å². The lowest BCUT2D eigenvalue weighted by atomic mass is 10.1. The minimum Gasteiger partial charge on any atom is -0.497 e. The number of hydrogen-bond acceptors (Lipinski definition) is 8. The molecule has 1 aliphatic heterocycles. The first-order valence-electron chi connectivity index (χ1n) is 9.86. The third-order valence-corrected chi connectivity index (χ3v) is 5.43. The zero-order chi connectivity index (χ0) is 20.5. The number of aliphatic hydroxyl groups is 2. The van der Waals surface area contributed by atoms with Gasteiger partial charge in [-0.3, -0.25) is 9.36 Å². The number of methoxy groups -OCH3 is 1. The number of aromatic nitrogens is 2. The van der Waals surface area contributed by atoms with Crippen molar-refractivity contribution < 1.29 is 19.7 Å². The molecule has 0 spiro atoms. The SMILES string of the molecule is CCCn1c(Oc2cccc(OC)c2)nc2c(c1=O)NC(C1CC(O)C(O)C1)N2. The van der Waals surface area contributed by atoms with Gasteiger partial charge in [-0.25, -0.2) is 0 Å². The van der Waals surface area contributed by atoms with Crippen molar-refractivity contribution in [2.24, 2.45) is 5.92 Å². The summed E-state index contributed by atoms with van der Waals surface area (Å²) in [5.74, 6) is 1.56. The van der Waals surface area contributed by atoms with Crippen molar-refractivity contribution in [3.8, 4) is 17.5 Å². The molecule has 0 radical (unpaired) electrons. The van der Waals surface area contributed by atoms with Crippen LogP contribution in [0.1, 0.15) is 26.2 Å². The minimum absolute atomic E-state index is 0.0176. The van der Waals surface area contributed by atoms with Crippen molar-refractivity contribution in [1.82, 2.24) is 9.55 Å². The fourth-order valence-corrected chi connectivity index (χ4v) is 3.92. The number of aliphatic hydroxyl groups excluding tert-OH is 2. The summed E-state index contributed by atoms with van der Waals surface area (Å²) in [6.07, 6.45) is -0.119. The summed E-state index contributed by atoms with van der Waals surface area (Å²) in [5.41, 5.74) is 0.168. The lowest BCUT2D eigenvalue weighted by molar-refractivity contribution is 0.0438. The van der Waals surface area contributed by atoms with Gasteiger partial charge in [0, 0.05) is 18.5 Å². The standard InChI is InChI=1S/C20H26N4O5/c1-3-7-24-19(27)16-18(22-17(21-16)11-8-14(25)15(26)9-11)23-20(24)29-13-6-4-5-12(10-13)28-2/h4-6,10-11,14-15,17,21-22,25-26H,3,7-9H2,1-2H3. The number of hydrogen-bond donors (Lipinski definition) is 4. The summed E-state index contributed by atoms with van der Waals surface area (Å²) in [6, 6.07) is 7.31. The van der Waals surface area contributed by atoms with E-state index in [0.29, 0.717) is 42.4 Å². The predicted molar refractivity (Wildman–Crippen MR) is 108 cm³/mol. The zero-order valence-corrected chi connectivity index (χ0v) is 16.5. The van der Waals surface area contributed by atoms with E-state index in [-0.39, 0.29) is 23.7 Å². The van der Waals surface area contributed by atoms with Crippen LogP contribution in [0.2, 0.25) is 0 Å². The molecule has 29 heavy (non-hydrogen) atoms. The smallest absolute Gasteiger partial charge is 0.306 e. The highest BCUT2D eigenvalue weighted by atomic mass is 16.5. The topological polar surface area (TPSA) is 118 Å². The van der Waals surface area contributed by atoms with Crippen LogP contribution in [0, 0.1) is 5.92 Å². The van der Waals surface area contributed by atoms with Gasteiger partial charge in [0.2, 0.25) is 0 Å². The Kier molecular flexibility index (Phi) is 5.33. The normalized spacial score (nSPS) is 25.2. The molecule has 2 aromatic rings. The third kappa shape index (κ3) is 3.75. The summed E-state index contributed by atoms with van der Waals surface area (Å²) in [6.45, 7) is 2.44. The maximum absolute atomic E-state index is 13.1. The lowest BCUT2D eigenvalue weighted by Gasteiger charge is -2.18. The van der Waals surface area contributed by atoms with Crippen LogP contribution in [-0.2, 0) is 6.54 Å². The summed E-state index contributed by atoms with van der Waals surface area (Å²) in [7, 11) is 1.58. The van der Waals surface area contributed by atoms with Gasteiger partial charge >= 0.3 is 6.01 Å². The maximum Gasteiger partial charge on any atom is 0.306 e. The minimum atomic E-state index is -0.746. The monoisotopic (exact) mass is 402 g/mol. The number of benzene rings is 1. The molecule has 2 aliphatic rings. The Morgan fingerprint density at radius 2 is 1.93 bits per heavy atom. The molecule has 1 fully saturated rings. The molecule has 4 rings (SSSR count). The van der Waals surface area contributed by atoms with Gasteiger partial charge < -0.3 is 30.3 Å². The Morgan fingerprint density at radius 3 is 2.62 bits per heavy atom. The summed E-state index contributed by atoms with van der Waals surface area (Å²) < 4.78 is 12.7. The van der Waals surface area contributed by atoms with Crippen LogP contribution in [0.25, 0.3) is 0 Å². The maximum atomic E-state index is 13.1. The third-order valence-electron chi connectivity index (χ3n) is 5.43. The van der Waals surface area contributed by atoms with E-state index in [1.807, 2.05) is 13.0 Å². The fraction of sp³-hybridized carbons (Fsp3) is 0.500. The molecular formula is C20H26N4O5. The molecule has 156 valence electrons. The molecule has 1 aromatic heterocycles. The number of anilines is 2. The Bertz CT molecular complexity index is 937. The first-order valence-corrected chi connectivity index (χ1v) is 9.86. The van der Waals surface area contributed by atoms with E-state index in [1.54, 1.807) is 25.3 Å². The van der Waals surface area contributed by atoms with Gasteiger partial charge in [-0.15, -0.1) is 0 Å². The summed E-state index contributed by atoms with van der Waals surface area (Å²) in [5, 5.41) is 26.1.